The van der Waals surface area contributed by atoms with Crippen LogP contribution in [0.4, 0.5) is 0 Å². The third kappa shape index (κ3) is 2.33. The van der Waals surface area contributed by atoms with Crippen molar-refractivity contribution in [3.05, 3.63) is 34.3 Å². The van der Waals surface area contributed by atoms with Crippen molar-refractivity contribution >= 4 is 35.2 Å². The van der Waals surface area contributed by atoms with Crippen LogP contribution in [0.25, 0.3) is 0 Å². The maximum atomic E-state index is 12.3. The number of halogens is 1. The molecule has 0 saturated carbocycles. The number of aliphatic carboxylic acids is 1. The first-order valence-corrected chi connectivity index (χ1v) is 6.92. The molecule has 0 aromatic heterocycles. The van der Waals surface area contributed by atoms with Crippen LogP contribution in [-0.4, -0.2) is 39.6 Å². The summed E-state index contributed by atoms with van der Waals surface area (Å²) in [5, 5.41) is 9.46. The van der Waals surface area contributed by atoms with E-state index in [1.165, 1.54) is 16.7 Å². The summed E-state index contributed by atoms with van der Waals surface area (Å²) in [6.07, 6.45) is 0. The van der Waals surface area contributed by atoms with Crippen LogP contribution in [0.1, 0.15) is 15.9 Å². The van der Waals surface area contributed by atoms with Crippen molar-refractivity contribution < 1.29 is 14.7 Å². The molecule has 2 rings (SSSR count). The van der Waals surface area contributed by atoms with E-state index in [1.54, 1.807) is 12.1 Å². The summed E-state index contributed by atoms with van der Waals surface area (Å²) in [7, 11) is 0. The number of carbonyl (C=O) groups is 2. The molecule has 4 nitrogen and oxygen atoms in total. The number of nitrogens with zero attached hydrogens (tertiary/aromatic N) is 1. The van der Waals surface area contributed by atoms with Gasteiger partial charge in [-0.3, -0.25) is 4.79 Å². The Hall–Kier alpha value is -1.20. The first-order valence-electron chi connectivity index (χ1n) is 5.39. The number of hydrogen-bond acceptors (Lipinski definition) is 3. The van der Waals surface area contributed by atoms with Gasteiger partial charge in [0.1, 0.15) is 6.04 Å². The summed E-state index contributed by atoms with van der Waals surface area (Å²) >= 11 is 7.52. The minimum absolute atomic E-state index is 0.318. The van der Waals surface area contributed by atoms with Gasteiger partial charge in [0, 0.05) is 5.75 Å². The second-order valence-corrected chi connectivity index (χ2v) is 5.44. The fourth-order valence-corrected chi connectivity index (χ4v) is 3.17. The number of hydrogen-bond donors (Lipinski definition) is 1. The van der Waals surface area contributed by atoms with E-state index in [0.717, 1.165) is 5.56 Å². The Bertz CT molecular complexity index is 506. The van der Waals surface area contributed by atoms with Gasteiger partial charge < -0.3 is 10.0 Å². The minimum atomic E-state index is -0.975. The number of benzene rings is 1. The molecular weight excluding hydrogens is 274 g/mol. The lowest BCUT2D eigenvalue weighted by Crippen LogP contribution is -2.41. The van der Waals surface area contributed by atoms with E-state index in [0.29, 0.717) is 22.2 Å². The smallest absolute Gasteiger partial charge is 0.327 e. The largest absolute Gasteiger partial charge is 0.480 e. The van der Waals surface area contributed by atoms with Crippen molar-refractivity contribution in [3.63, 3.8) is 0 Å². The molecule has 1 fully saturated rings. The first-order chi connectivity index (χ1) is 8.52. The topological polar surface area (TPSA) is 57.6 Å². The van der Waals surface area contributed by atoms with Gasteiger partial charge in [-0.05, 0) is 18.6 Å². The van der Waals surface area contributed by atoms with Crippen LogP contribution in [-0.2, 0) is 4.79 Å². The zero-order chi connectivity index (χ0) is 13.3. The molecule has 1 atom stereocenters. The summed E-state index contributed by atoms with van der Waals surface area (Å²) in [4.78, 5) is 24.7. The van der Waals surface area contributed by atoms with Crippen molar-refractivity contribution in [1.29, 1.82) is 0 Å². The van der Waals surface area contributed by atoms with Crippen LogP contribution in [0.15, 0.2) is 18.2 Å². The molecule has 18 heavy (non-hydrogen) atoms. The average Bonchev–Trinajstić information content (AvgIpc) is 2.81. The van der Waals surface area contributed by atoms with Crippen molar-refractivity contribution in [2.24, 2.45) is 0 Å². The van der Waals surface area contributed by atoms with Gasteiger partial charge in [-0.25, -0.2) is 4.79 Å². The molecular formula is C12H12ClNO3S. The summed E-state index contributed by atoms with van der Waals surface area (Å²) in [5.41, 5.74) is 1.17. The lowest BCUT2D eigenvalue weighted by molar-refractivity contribution is -0.140. The van der Waals surface area contributed by atoms with Gasteiger partial charge in [0.25, 0.3) is 5.91 Å². The number of carboxylic acid groups (broad SMARTS) is 1. The number of carbonyl (C=O) groups excluding carboxylic acids is 1. The second kappa shape index (κ2) is 5.20. The standard InChI is InChI=1S/C12H12ClNO3S/c1-7-3-2-4-8(10(7)13)11(15)14-6-18-5-9(14)12(16)17/h2-4,9H,5-6H2,1H3,(H,16,17)/t9-/m0/s1. The number of aryl methyl sites for hydroxylation is 1. The molecule has 1 saturated heterocycles. The second-order valence-electron chi connectivity index (χ2n) is 4.07. The van der Waals surface area contributed by atoms with Gasteiger partial charge >= 0.3 is 5.97 Å². The number of thioether (sulfide) groups is 1. The van der Waals surface area contributed by atoms with Gasteiger partial charge in [-0.15, -0.1) is 11.8 Å². The van der Waals surface area contributed by atoms with Crippen LogP contribution in [0.5, 0.6) is 0 Å². The van der Waals surface area contributed by atoms with Gasteiger partial charge in [0.2, 0.25) is 0 Å². The van der Waals surface area contributed by atoms with Crippen molar-refractivity contribution in [3.8, 4) is 0 Å². The maximum absolute atomic E-state index is 12.3. The Morgan fingerprint density at radius 3 is 2.89 bits per heavy atom. The molecule has 0 spiro atoms. The van der Waals surface area contributed by atoms with Crippen LogP contribution in [0.2, 0.25) is 5.02 Å². The molecule has 1 aliphatic heterocycles. The summed E-state index contributed by atoms with van der Waals surface area (Å²) < 4.78 is 0. The Morgan fingerprint density at radius 1 is 1.50 bits per heavy atom. The van der Waals surface area contributed by atoms with Crippen molar-refractivity contribution in [2.45, 2.75) is 13.0 Å². The Morgan fingerprint density at radius 2 is 2.22 bits per heavy atom. The van der Waals surface area contributed by atoms with E-state index in [9.17, 15) is 9.59 Å². The van der Waals surface area contributed by atoms with Gasteiger partial charge in [0.05, 0.1) is 16.5 Å². The fraction of sp³-hybridized carbons (Fsp3) is 0.333. The molecule has 1 aromatic rings. The van der Waals surface area contributed by atoms with Crippen LogP contribution in [0, 0.1) is 6.92 Å². The molecule has 1 N–H and O–H groups in total. The van der Waals surface area contributed by atoms with E-state index >= 15 is 0 Å². The molecule has 6 heteroatoms. The van der Waals surface area contributed by atoms with Crippen LogP contribution >= 0.6 is 23.4 Å². The lowest BCUT2D eigenvalue weighted by Gasteiger charge is -2.21. The highest BCUT2D eigenvalue weighted by Gasteiger charge is 2.35. The molecule has 0 aliphatic carbocycles. The molecule has 1 aliphatic rings. The van der Waals surface area contributed by atoms with Crippen molar-refractivity contribution in [2.75, 3.05) is 11.6 Å². The first kappa shape index (κ1) is 13.2. The van der Waals surface area contributed by atoms with E-state index < -0.39 is 12.0 Å². The summed E-state index contributed by atoms with van der Waals surface area (Å²) in [6.45, 7) is 1.81. The molecule has 0 unspecified atom stereocenters. The van der Waals surface area contributed by atoms with Crippen LogP contribution in [0.3, 0.4) is 0 Å². The number of rotatable bonds is 2. The van der Waals surface area contributed by atoms with Gasteiger partial charge in [-0.2, -0.15) is 0 Å². The fourth-order valence-electron chi connectivity index (χ4n) is 1.81. The molecule has 1 aromatic carbocycles. The normalized spacial score (nSPS) is 19.0. The van der Waals surface area contributed by atoms with E-state index in [2.05, 4.69) is 0 Å². The SMILES string of the molecule is Cc1cccc(C(=O)N2CSC[C@H]2C(=O)O)c1Cl. The highest BCUT2D eigenvalue weighted by molar-refractivity contribution is 7.99. The lowest BCUT2D eigenvalue weighted by atomic mass is 10.1. The molecule has 1 heterocycles. The van der Waals surface area contributed by atoms with Crippen molar-refractivity contribution in [1.82, 2.24) is 4.90 Å². The predicted molar refractivity (Wildman–Crippen MR) is 71.1 cm³/mol. The monoisotopic (exact) mass is 285 g/mol. The molecule has 1 amide bonds. The predicted octanol–water partition coefficient (Wildman–Crippen LogP) is 2.25. The Kier molecular flexibility index (Phi) is 3.82. The minimum Gasteiger partial charge on any atom is -0.480 e. The quantitative estimate of drug-likeness (QED) is 0.905. The highest BCUT2D eigenvalue weighted by Crippen LogP contribution is 2.27. The number of carboxylic acids is 1. The highest BCUT2D eigenvalue weighted by atomic mass is 35.5. The van der Waals surface area contributed by atoms with Gasteiger partial charge in [-0.1, -0.05) is 23.7 Å². The van der Waals surface area contributed by atoms with E-state index in [4.69, 9.17) is 16.7 Å². The maximum Gasteiger partial charge on any atom is 0.327 e. The third-order valence-electron chi connectivity index (χ3n) is 2.85. The Labute approximate surface area is 114 Å². The van der Waals surface area contributed by atoms with E-state index in [1.807, 2.05) is 13.0 Å². The summed E-state index contributed by atoms with van der Waals surface area (Å²) in [6, 6.07) is 4.42. The zero-order valence-corrected chi connectivity index (χ0v) is 11.3. The molecule has 96 valence electrons. The third-order valence-corrected chi connectivity index (χ3v) is 4.36. The molecule has 0 radical (unpaired) electrons. The average molecular weight is 286 g/mol. The summed E-state index contributed by atoms with van der Waals surface area (Å²) in [5.74, 6) is -0.483. The zero-order valence-electron chi connectivity index (χ0n) is 9.72. The van der Waals surface area contributed by atoms with E-state index in [-0.39, 0.29) is 5.91 Å². The molecule has 0 bridgehead atoms. The van der Waals surface area contributed by atoms with Crippen LogP contribution < -0.4 is 0 Å². The number of amides is 1. The Balaban J connectivity index is 2.31. The van der Waals surface area contributed by atoms with Gasteiger partial charge in [0.15, 0.2) is 0 Å².